The zero-order valence-corrected chi connectivity index (χ0v) is 17.3. The molecule has 1 saturated heterocycles. The first-order valence-corrected chi connectivity index (χ1v) is 10.2. The number of unbranched alkanes of at least 4 members (excludes halogenated alkanes) is 4. The van der Waals surface area contributed by atoms with Crippen molar-refractivity contribution in [3.8, 4) is 12.3 Å². The van der Waals surface area contributed by atoms with Crippen LogP contribution in [0.25, 0.3) is 11.2 Å². The first kappa shape index (κ1) is 22.9. The summed E-state index contributed by atoms with van der Waals surface area (Å²) in [6.45, 7) is 0.888. The molecule has 4 atom stereocenters. The molecule has 0 saturated carbocycles. The van der Waals surface area contributed by atoms with Crippen molar-refractivity contribution in [3.05, 3.63) is 18.6 Å². The molecule has 9 nitrogen and oxygen atoms in total. The number of carbonyl (C=O) groups is 1. The molecule has 1 fully saturated rings. The molecule has 2 aromatic heterocycles. The van der Waals surface area contributed by atoms with E-state index in [1.54, 1.807) is 0 Å². The number of imidazole rings is 1. The number of nitrogens with two attached hydrogens (primary N) is 1. The summed E-state index contributed by atoms with van der Waals surface area (Å²) in [5, 5.41) is 20.8. The van der Waals surface area contributed by atoms with E-state index in [0.29, 0.717) is 17.6 Å². The molecule has 2 aromatic rings. The molecule has 0 unspecified atom stereocenters. The van der Waals surface area contributed by atoms with Crippen molar-refractivity contribution in [2.75, 3.05) is 12.3 Å². The fourth-order valence-corrected chi connectivity index (χ4v) is 3.70. The number of terminal acetylenes is 1. The van der Waals surface area contributed by atoms with Crippen LogP contribution in [0.1, 0.15) is 51.7 Å². The van der Waals surface area contributed by atoms with Crippen molar-refractivity contribution < 1.29 is 28.9 Å². The maximum absolute atomic E-state index is 15.5. The van der Waals surface area contributed by atoms with Crippen molar-refractivity contribution in [3.63, 3.8) is 0 Å². The number of anilines is 1. The lowest BCUT2D eigenvalue weighted by Gasteiger charge is -2.29. The molecule has 3 heterocycles. The Morgan fingerprint density at radius 1 is 1.42 bits per heavy atom. The maximum Gasteiger partial charge on any atom is 0.306 e. The van der Waals surface area contributed by atoms with Gasteiger partial charge >= 0.3 is 5.97 Å². The number of pyridine rings is 1. The monoisotopic (exact) mass is 434 g/mol. The standard InChI is InChI=1S/C21H27FN4O5/c1-3-5-6-7-8-9-15(28)30-18-20(29,4-2)19(31-21(18,22)12-27)26-13-25-16-14(23)10-11-24-17(16)26/h2,10-11,13,18-19,27,29H,3,5-9,12H2,1H3,(H2,23,24)/t18-,19+,20+,21+/m0/s1. The second kappa shape index (κ2) is 9.18. The van der Waals surface area contributed by atoms with Gasteiger partial charge in [0.1, 0.15) is 12.1 Å². The van der Waals surface area contributed by atoms with E-state index in [1.807, 2.05) is 0 Å². The molecular weight excluding hydrogens is 407 g/mol. The Bertz CT molecular complexity index is 976. The third-order valence-corrected chi connectivity index (χ3v) is 5.40. The van der Waals surface area contributed by atoms with Crippen molar-refractivity contribution in [2.24, 2.45) is 0 Å². The number of halogens is 1. The van der Waals surface area contributed by atoms with Crippen LogP contribution in [-0.2, 0) is 14.3 Å². The van der Waals surface area contributed by atoms with Crippen molar-refractivity contribution in [2.45, 2.75) is 69.2 Å². The van der Waals surface area contributed by atoms with Gasteiger partial charge in [0.15, 0.2) is 11.9 Å². The molecule has 168 valence electrons. The summed E-state index contributed by atoms with van der Waals surface area (Å²) in [6.07, 6.45) is 9.14. The molecule has 31 heavy (non-hydrogen) atoms. The molecule has 4 N–H and O–H groups in total. The summed E-state index contributed by atoms with van der Waals surface area (Å²) in [4.78, 5) is 20.6. The largest absolute Gasteiger partial charge is 0.452 e. The Balaban J connectivity index is 1.86. The van der Waals surface area contributed by atoms with Gasteiger partial charge in [-0.25, -0.2) is 14.4 Å². The van der Waals surface area contributed by atoms with E-state index >= 15 is 4.39 Å². The van der Waals surface area contributed by atoms with Crippen LogP contribution in [0.4, 0.5) is 10.1 Å². The number of fused-ring (bicyclic) bond motifs is 1. The van der Waals surface area contributed by atoms with E-state index in [2.05, 4.69) is 22.8 Å². The Morgan fingerprint density at radius 3 is 2.84 bits per heavy atom. The summed E-state index contributed by atoms with van der Waals surface area (Å²) in [6, 6.07) is 1.53. The van der Waals surface area contributed by atoms with E-state index in [4.69, 9.17) is 21.6 Å². The number of aliphatic hydroxyl groups is 2. The summed E-state index contributed by atoms with van der Waals surface area (Å²) >= 11 is 0. The van der Waals surface area contributed by atoms with Crippen LogP contribution in [0.5, 0.6) is 0 Å². The Kier molecular flexibility index (Phi) is 6.79. The molecule has 1 aliphatic rings. The molecule has 0 aromatic carbocycles. The summed E-state index contributed by atoms with van der Waals surface area (Å²) in [5.74, 6) is -1.59. The lowest BCUT2D eigenvalue weighted by atomic mass is 9.93. The topological polar surface area (TPSA) is 133 Å². The van der Waals surface area contributed by atoms with Gasteiger partial charge in [0, 0.05) is 12.6 Å². The normalized spacial score (nSPS) is 28.0. The number of rotatable bonds is 9. The number of nitrogen functional groups attached to an aromatic ring is 1. The molecule has 10 heteroatoms. The molecule has 0 spiro atoms. The number of aliphatic hydroxyl groups excluding tert-OH is 1. The van der Waals surface area contributed by atoms with Crippen LogP contribution in [0.15, 0.2) is 18.6 Å². The van der Waals surface area contributed by atoms with Gasteiger partial charge in [-0.1, -0.05) is 38.5 Å². The zero-order chi connectivity index (χ0) is 22.6. The molecule has 0 bridgehead atoms. The second-order valence-corrected chi connectivity index (χ2v) is 7.64. The molecular formula is C21H27FN4O5. The quantitative estimate of drug-likeness (QED) is 0.309. The minimum atomic E-state index is -2.93. The average molecular weight is 434 g/mol. The number of alkyl halides is 1. The fraction of sp³-hybridized carbons (Fsp3) is 0.571. The van der Waals surface area contributed by atoms with Gasteiger partial charge < -0.3 is 25.4 Å². The van der Waals surface area contributed by atoms with E-state index in [1.165, 1.54) is 23.2 Å². The van der Waals surface area contributed by atoms with Crippen molar-refractivity contribution >= 4 is 22.8 Å². The minimum absolute atomic E-state index is 0.0269. The number of nitrogens with zero attached hydrogens (tertiary/aromatic N) is 3. The van der Waals surface area contributed by atoms with Gasteiger partial charge in [0.05, 0.1) is 12.0 Å². The predicted octanol–water partition coefficient (Wildman–Crippen LogP) is 1.84. The molecule has 3 rings (SSSR count). The third-order valence-electron chi connectivity index (χ3n) is 5.40. The molecule has 0 amide bonds. The number of esters is 1. The predicted molar refractivity (Wildman–Crippen MR) is 110 cm³/mol. The van der Waals surface area contributed by atoms with Gasteiger partial charge in [0.2, 0.25) is 11.7 Å². The third kappa shape index (κ3) is 4.21. The molecule has 0 aliphatic carbocycles. The van der Waals surface area contributed by atoms with Crippen LogP contribution in [-0.4, -0.2) is 54.9 Å². The van der Waals surface area contributed by atoms with Crippen LogP contribution >= 0.6 is 0 Å². The Morgan fingerprint density at radius 2 is 2.16 bits per heavy atom. The minimum Gasteiger partial charge on any atom is -0.452 e. The van der Waals surface area contributed by atoms with Crippen LogP contribution < -0.4 is 5.73 Å². The smallest absolute Gasteiger partial charge is 0.306 e. The van der Waals surface area contributed by atoms with Crippen LogP contribution in [0.2, 0.25) is 0 Å². The van der Waals surface area contributed by atoms with Gasteiger partial charge in [0.25, 0.3) is 5.85 Å². The lowest BCUT2D eigenvalue weighted by Crippen LogP contribution is -2.52. The van der Waals surface area contributed by atoms with E-state index in [0.717, 1.165) is 25.7 Å². The number of hydrogen-bond acceptors (Lipinski definition) is 8. The first-order chi connectivity index (χ1) is 14.8. The van der Waals surface area contributed by atoms with Crippen molar-refractivity contribution in [1.82, 2.24) is 14.5 Å². The van der Waals surface area contributed by atoms with Crippen molar-refractivity contribution in [1.29, 1.82) is 0 Å². The summed E-state index contributed by atoms with van der Waals surface area (Å²) in [7, 11) is 0. The highest BCUT2D eigenvalue weighted by Crippen LogP contribution is 2.47. The number of carbonyl (C=O) groups excluding carboxylic acids is 1. The van der Waals surface area contributed by atoms with Crippen LogP contribution in [0, 0.1) is 12.3 Å². The van der Waals surface area contributed by atoms with Gasteiger partial charge in [-0.3, -0.25) is 9.36 Å². The van der Waals surface area contributed by atoms with Gasteiger partial charge in [-0.2, -0.15) is 0 Å². The number of ether oxygens (including phenoxy) is 2. The molecule has 1 aliphatic heterocycles. The first-order valence-electron chi connectivity index (χ1n) is 10.2. The highest BCUT2D eigenvalue weighted by Gasteiger charge is 2.67. The van der Waals surface area contributed by atoms with Gasteiger partial charge in [-0.05, 0) is 12.5 Å². The number of hydrogen-bond donors (Lipinski definition) is 3. The second-order valence-electron chi connectivity index (χ2n) is 7.64. The summed E-state index contributed by atoms with van der Waals surface area (Å²) < 4.78 is 27.2. The zero-order valence-electron chi connectivity index (χ0n) is 17.3. The van der Waals surface area contributed by atoms with E-state index in [-0.39, 0.29) is 12.1 Å². The van der Waals surface area contributed by atoms with E-state index in [9.17, 15) is 15.0 Å². The van der Waals surface area contributed by atoms with Crippen LogP contribution in [0.3, 0.4) is 0 Å². The fourth-order valence-electron chi connectivity index (χ4n) is 3.70. The average Bonchev–Trinajstić information content (AvgIpc) is 3.28. The highest BCUT2D eigenvalue weighted by molar-refractivity contribution is 5.83. The lowest BCUT2D eigenvalue weighted by molar-refractivity contribution is -0.217. The summed E-state index contributed by atoms with van der Waals surface area (Å²) in [5.41, 5.74) is 4.23. The SMILES string of the molecule is C#C[C@]1(O)[C@H](n2cnc3c(N)ccnc32)O[C@](F)(CO)[C@H]1OC(=O)CCCCCCC. The maximum atomic E-state index is 15.5. The van der Waals surface area contributed by atoms with Gasteiger partial charge in [-0.15, -0.1) is 6.42 Å². The number of aromatic nitrogens is 3. The van der Waals surface area contributed by atoms with E-state index < -0.39 is 36.4 Å². The Labute approximate surface area is 179 Å². The molecule has 0 radical (unpaired) electrons. The highest BCUT2D eigenvalue weighted by atomic mass is 19.2. The Hall–Kier alpha value is -2.74.